The predicted octanol–water partition coefficient (Wildman–Crippen LogP) is 2.20. The molecule has 0 fully saturated rings. The zero-order valence-corrected chi connectivity index (χ0v) is 9.56. The molecule has 14 heavy (non-hydrogen) atoms. The minimum atomic E-state index is -0.116. The third-order valence-corrected chi connectivity index (χ3v) is 3.20. The van der Waals surface area contributed by atoms with Crippen LogP contribution in [0.3, 0.4) is 0 Å². The fraction of sp³-hybridized carbons (Fsp3) is 0.111. The minimum Gasteiger partial charge on any atom is -0.324 e. The van der Waals surface area contributed by atoms with Crippen LogP contribution in [0.1, 0.15) is 10.5 Å². The summed E-state index contributed by atoms with van der Waals surface area (Å²) in [5.41, 5.74) is 5.78. The standard InChI is InChI=1S/C9H7BrN2OS/c10-5-1-2-8-6(3-5)9(12-14-8)7(13)4-11/h1-3H,4,11H2. The molecule has 0 amide bonds. The number of ketones is 1. The Morgan fingerprint density at radius 2 is 2.36 bits per heavy atom. The molecule has 1 aromatic heterocycles. The first-order chi connectivity index (χ1) is 6.72. The molecule has 0 aliphatic rings. The molecule has 2 N–H and O–H groups in total. The highest BCUT2D eigenvalue weighted by molar-refractivity contribution is 9.10. The lowest BCUT2D eigenvalue weighted by Gasteiger charge is -1.94. The number of fused-ring (bicyclic) bond motifs is 1. The van der Waals surface area contributed by atoms with Crippen molar-refractivity contribution in [2.75, 3.05) is 6.54 Å². The van der Waals surface area contributed by atoms with Gasteiger partial charge in [0.1, 0.15) is 5.69 Å². The molecule has 0 unspecified atom stereocenters. The van der Waals surface area contributed by atoms with E-state index in [1.54, 1.807) is 0 Å². The number of nitrogens with zero attached hydrogens (tertiary/aromatic N) is 1. The molecule has 0 radical (unpaired) electrons. The summed E-state index contributed by atoms with van der Waals surface area (Å²) in [6.07, 6.45) is 0. The topological polar surface area (TPSA) is 56.0 Å². The molecule has 0 aliphatic carbocycles. The normalized spacial score (nSPS) is 10.7. The number of rotatable bonds is 2. The average Bonchev–Trinajstić information content (AvgIpc) is 2.59. The molecule has 0 atom stereocenters. The van der Waals surface area contributed by atoms with Crippen LogP contribution in [0.15, 0.2) is 22.7 Å². The van der Waals surface area contributed by atoms with Crippen LogP contribution in [0.4, 0.5) is 0 Å². The van der Waals surface area contributed by atoms with Crippen molar-refractivity contribution in [2.45, 2.75) is 0 Å². The average molecular weight is 271 g/mol. The highest BCUT2D eigenvalue weighted by Crippen LogP contribution is 2.26. The summed E-state index contributed by atoms with van der Waals surface area (Å²) >= 11 is 4.68. The Balaban J connectivity index is 2.67. The van der Waals surface area contributed by atoms with Gasteiger partial charge in [-0.15, -0.1) is 0 Å². The second kappa shape index (κ2) is 3.76. The molecule has 1 aromatic carbocycles. The van der Waals surface area contributed by atoms with Gasteiger partial charge in [-0.25, -0.2) is 0 Å². The van der Waals surface area contributed by atoms with Crippen molar-refractivity contribution in [3.8, 4) is 0 Å². The highest BCUT2D eigenvalue weighted by Gasteiger charge is 2.12. The molecule has 0 saturated heterocycles. The van der Waals surface area contributed by atoms with Gasteiger partial charge in [0.15, 0.2) is 5.78 Å². The number of nitrogens with two attached hydrogens (primary N) is 1. The van der Waals surface area contributed by atoms with Gasteiger partial charge in [-0.2, -0.15) is 4.37 Å². The minimum absolute atomic E-state index is 0.00530. The summed E-state index contributed by atoms with van der Waals surface area (Å²) in [6, 6.07) is 5.75. The van der Waals surface area contributed by atoms with Gasteiger partial charge in [0.2, 0.25) is 0 Å². The van der Waals surface area contributed by atoms with E-state index in [-0.39, 0.29) is 12.3 Å². The van der Waals surface area contributed by atoms with Crippen molar-refractivity contribution >= 4 is 43.3 Å². The van der Waals surface area contributed by atoms with Gasteiger partial charge < -0.3 is 5.73 Å². The van der Waals surface area contributed by atoms with Crippen molar-refractivity contribution in [3.63, 3.8) is 0 Å². The zero-order valence-electron chi connectivity index (χ0n) is 7.16. The van der Waals surface area contributed by atoms with Crippen LogP contribution in [-0.2, 0) is 0 Å². The van der Waals surface area contributed by atoms with Gasteiger partial charge in [0, 0.05) is 9.86 Å². The van der Waals surface area contributed by atoms with E-state index in [0.29, 0.717) is 5.69 Å². The first-order valence-corrected chi connectivity index (χ1v) is 5.57. The molecule has 2 aromatic rings. The smallest absolute Gasteiger partial charge is 0.196 e. The number of benzene rings is 1. The summed E-state index contributed by atoms with van der Waals surface area (Å²) in [5.74, 6) is -0.116. The van der Waals surface area contributed by atoms with Crippen LogP contribution in [0.5, 0.6) is 0 Å². The molecule has 3 nitrogen and oxygen atoms in total. The fourth-order valence-corrected chi connectivity index (χ4v) is 2.34. The molecular weight excluding hydrogens is 264 g/mol. The monoisotopic (exact) mass is 270 g/mol. The maximum absolute atomic E-state index is 11.4. The predicted molar refractivity (Wildman–Crippen MR) is 60.7 cm³/mol. The molecule has 0 aliphatic heterocycles. The number of hydrogen-bond donors (Lipinski definition) is 1. The first kappa shape index (κ1) is 9.76. The third kappa shape index (κ3) is 1.58. The van der Waals surface area contributed by atoms with Crippen LogP contribution in [-0.4, -0.2) is 16.7 Å². The first-order valence-electron chi connectivity index (χ1n) is 4.00. The van der Waals surface area contributed by atoms with Gasteiger partial charge in [0.05, 0.1) is 11.2 Å². The van der Waals surface area contributed by atoms with E-state index in [1.807, 2.05) is 18.2 Å². The lowest BCUT2D eigenvalue weighted by molar-refractivity contribution is 0.0999. The molecule has 72 valence electrons. The Morgan fingerprint density at radius 1 is 1.57 bits per heavy atom. The van der Waals surface area contributed by atoms with E-state index in [4.69, 9.17) is 5.73 Å². The second-order valence-electron chi connectivity index (χ2n) is 2.80. The Kier molecular flexibility index (Phi) is 2.62. The summed E-state index contributed by atoms with van der Waals surface area (Å²) in [6.45, 7) is 0.00530. The van der Waals surface area contributed by atoms with E-state index in [1.165, 1.54) is 11.5 Å². The molecule has 2 rings (SSSR count). The Morgan fingerprint density at radius 3 is 3.07 bits per heavy atom. The number of carbonyl (C=O) groups excluding carboxylic acids is 1. The lowest BCUT2D eigenvalue weighted by Crippen LogP contribution is -2.13. The van der Waals surface area contributed by atoms with Crippen molar-refractivity contribution in [3.05, 3.63) is 28.4 Å². The number of hydrogen-bond acceptors (Lipinski definition) is 4. The van der Waals surface area contributed by atoms with Gasteiger partial charge in [-0.05, 0) is 29.7 Å². The van der Waals surface area contributed by atoms with Crippen molar-refractivity contribution in [2.24, 2.45) is 5.73 Å². The number of carbonyl (C=O) groups is 1. The molecule has 1 heterocycles. The quantitative estimate of drug-likeness (QED) is 0.852. The molecule has 0 saturated carbocycles. The van der Waals surface area contributed by atoms with Crippen molar-refractivity contribution in [1.82, 2.24) is 4.37 Å². The number of aromatic nitrogens is 1. The second-order valence-corrected chi connectivity index (χ2v) is 4.52. The Hall–Kier alpha value is -0.780. The maximum atomic E-state index is 11.4. The summed E-state index contributed by atoms with van der Waals surface area (Å²) in [4.78, 5) is 11.4. The molecule has 0 bridgehead atoms. The largest absolute Gasteiger partial charge is 0.324 e. The summed E-state index contributed by atoms with van der Waals surface area (Å²) in [7, 11) is 0. The highest BCUT2D eigenvalue weighted by atomic mass is 79.9. The van der Waals surface area contributed by atoms with Gasteiger partial charge in [-0.1, -0.05) is 15.9 Å². The van der Waals surface area contributed by atoms with Crippen molar-refractivity contribution < 1.29 is 4.79 Å². The third-order valence-electron chi connectivity index (χ3n) is 1.88. The molecule has 5 heteroatoms. The van der Waals surface area contributed by atoms with Crippen LogP contribution in [0.25, 0.3) is 10.1 Å². The van der Waals surface area contributed by atoms with Crippen LogP contribution < -0.4 is 5.73 Å². The summed E-state index contributed by atoms with van der Waals surface area (Å²) < 4.78 is 6.04. The fourth-order valence-electron chi connectivity index (χ4n) is 1.21. The zero-order chi connectivity index (χ0) is 10.1. The SMILES string of the molecule is NCC(=O)c1nsc2ccc(Br)cc12. The van der Waals surface area contributed by atoms with Crippen molar-refractivity contribution in [1.29, 1.82) is 0 Å². The molecule has 0 spiro atoms. The van der Waals surface area contributed by atoms with Gasteiger partial charge in [0.25, 0.3) is 0 Å². The Bertz CT molecular complexity index is 495. The maximum Gasteiger partial charge on any atom is 0.196 e. The van der Waals surface area contributed by atoms with E-state index < -0.39 is 0 Å². The Labute approximate surface area is 93.2 Å². The van der Waals surface area contributed by atoms with E-state index >= 15 is 0 Å². The van der Waals surface area contributed by atoms with E-state index in [0.717, 1.165) is 14.6 Å². The van der Waals surface area contributed by atoms with Crippen LogP contribution in [0, 0.1) is 0 Å². The van der Waals surface area contributed by atoms with Gasteiger partial charge >= 0.3 is 0 Å². The van der Waals surface area contributed by atoms with Crippen LogP contribution in [0.2, 0.25) is 0 Å². The lowest BCUT2D eigenvalue weighted by atomic mass is 10.2. The summed E-state index contributed by atoms with van der Waals surface area (Å²) in [5, 5.41) is 0.875. The van der Waals surface area contributed by atoms with E-state index in [9.17, 15) is 4.79 Å². The van der Waals surface area contributed by atoms with Crippen LogP contribution >= 0.6 is 27.5 Å². The number of halogens is 1. The van der Waals surface area contributed by atoms with Gasteiger partial charge in [-0.3, -0.25) is 4.79 Å². The molecular formula is C9H7BrN2OS. The number of Topliss-reactive ketones (excluding diaryl/α,β-unsaturated/α-hetero) is 1. The van der Waals surface area contributed by atoms with E-state index in [2.05, 4.69) is 20.3 Å².